The number of thioether (sulfide) groups is 1. The van der Waals surface area contributed by atoms with Crippen LogP contribution in [0.25, 0.3) is 0 Å². The Labute approximate surface area is 136 Å². The maximum atomic E-state index is 5.73. The second-order valence-electron chi connectivity index (χ2n) is 6.05. The van der Waals surface area contributed by atoms with Gasteiger partial charge in [0.25, 0.3) is 0 Å². The molecule has 3 saturated heterocycles. The average molecular weight is 334 g/mol. The van der Waals surface area contributed by atoms with Crippen molar-refractivity contribution in [2.45, 2.75) is 35.7 Å². The third kappa shape index (κ3) is 7.59. The molecule has 3 rings (SSSR count). The minimum Gasteiger partial charge on any atom is -0.378 e. The Kier molecular flexibility index (Phi) is 6.80. The summed E-state index contributed by atoms with van der Waals surface area (Å²) in [6, 6.07) is 0. The van der Waals surface area contributed by atoms with Gasteiger partial charge < -0.3 is 28.4 Å². The Morgan fingerprint density at radius 3 is 1.64 bits per heavy atom. The van der Waals surface area contributed by atoms with Crippen molar-refractivity contribution >= 4 is 11.8 Å². The minimum absolute atomic E-state index is 0.311. The van der Waals surface area contributed by atoms with Crippen molar-refractivity contribution < 1.29 is 28.4 Å². The zero-order chi connectivity index (χ0) is 15.2. The van der Waals surface area contributed by atoms with Crippen LogP contribution in [0, 0.1) is 0 Å². The Hall–Kier alpha value is 0.110. The molecule has 0 bridgehead atoms. The molecule has 0 N–H and O–H groups in total. The number of hydrogen-bond donors (Lipinski definition) is 0. The number of rotatable bonds is 14. The molecule has 7 heteroatoms. The molecule has 4 unspecified atom stereocenters. The third-order valence-corrected chi connectivity index (χ3v) is 4.76. The molecular weight excluding hydrogens is 308 g/mol. The maximum absolute atomic E-state index is 5.73. The van der Waals surface area contributed by atoms with Crippen LogP contribution in [-0.4, -0.2) is 88.3 Å². The summed E-state index contributed by atoms with van der Waals surface area (Å²) in [5.74, 6) is 0. The lowest BCUT2D eigenvalue weighted by atomic mass is 10.4. The minimum atomic E-state index is 0.311. The van der Waals surface area contributed by atoms with E-state index in [1.165, 1.54) is 0 Å². The van der Waals surface area contributed by atoms with E-state index in [1.807, 2.05) is 11.8 Å². The standard InChI is InChI=1S/C15H26O6S/c1-11(2-16-3-12-6-19-12)22-15(9-17-4-13-7-20-13)10-18-5-14-8-21-14/h11-15H,2-10H2,1H3. The summed E-state index contributed by atoms with van der Waals surface area (Å²) < 4.78 is 32.6. The fourth-order valence-corrected chi connectivity index (χ4v) is 3.20. The Morgan fingerprint density at radius 2 is 1.23 bits per heavy atom. The van der Waals surface area contributed by atoms with E-state index < -0.39 is 0 Å². The van der Waals surface area contributed by atoms with Crippen LogP contribution in [0.2, 0.25) is 0 Å². The summed E-state index contributed by atoms with van der Waals surface area (Å²) in [7, 11) is 0. The molecular formula is C15H26O6S. The van der Waals surface area contributed by atoms with Crippen molar-refractivity contribution in [1.29, 1.82) is 0 Å². The summed E-state index contributed by atoms with van der Waals surface area (Å²) in [6.07, 6.45) is 0.952. The highest BCUT2D eigenvalue weighted by molar-refractivity contribution is 8.00. The molecule has 3 fully saturated rings. The molecule has 22 heavy (non-hydrogen) atoms. The second kappa shape index (κ2) is 8.82. The van der Waals surface area contributed by atoms with E-state index in [0.717, 1.165) is 26.4 Å². The smallest absolute Gasteiger partial charge is 0.104 e. The molecule has 6 nitrogen and oxygen atoms in total. The van der Waals surface area contributed by atoms with E-state index in [2.05, 4.69) is 6.92 Å². The van der Waals surface area contributed by atoms with Gasteiger partial charge in [0, 0.05) is 5.25 Å². The van der Waals surface area contributed by atoms with Crippen LogP contribution < -0.4 is 0 Å². The summed E-state index contributed by atoms with van der Waals surface area (Å²) in [4.78, 5) is 0. The molecule has 0 spiro atoms. The van der Waals surface area contributed by atoms with E-state index in [4.69, 9.17) is 28.4 Å². The van der Waals surface area contributed by atoms with E-state index in [9.17, 15) is 0 Å². The molecule has 3 aliphatic rings. The predicted molar refractivity (Wildman–Crippen MR) is 82.5 cm³/mol. The first-order valence-electron chi connectivity index (χ1n) is 8.03. The normalized spacial score (nSPS) is 31.8. The molecule has 0 aromatic heterocycles. The van der Waals surface area contributed by atoms with E-state index in [0.29, 0.717) is 61.8 Å². The average Bonchev–Trinajstić information content (AvgIpc) is 3.35. The van der Waals surface area contributed by atoms with Crippen molar-refractivity contribution in [2.24, 2.45) is 0 Å². The SMILES string of the molecule is CC(COCC1CO1)SC(COCC1CO1)COCC1CO1. The molecule has 0 amide bonds. The van der Waals surface area contributed by atoms with Crippen LogP contribution >= 0.6 is 11.8 Å². The Morgan fingerprint density at radius 1 is 0.818 bits per heavy atom. The number of hydrogen-bond acceptors (Lipinski definition) is 7. The Bertz CT molecular complexity index is 301. The van der Waals surface area contributed by atoms with Crippen LogP contribution in [0.4, 0.5) is 0 Å². The van der Waals surface area contributed by atoms with Crippen LogP contribution in [0.3, 0.4) is 0 Å². The van der Waals surface area contributed by atoms with Gasteiger partial charge >= 0.3 is 0 Å². The maximum Gasteiger partial charge on any atom is 0.104 e. The lowest BCUT2D eigenvalue weighted by molar-refractivity contribution is 0.0737. The predicted octanol–water partition coefficient (Wildman–Crippen LogP) is 0.723. The quantitative estimate of drug-likeness (QED) is 0.434. The number of epoxide rings is 3. The highest BCUT2D eigenvalue weighted by Gasteiger charge is 2.26. The molecule has 0 saturated carbocycles. The third-order valence-electron chi connectivity index (χ3n) is 3.50. The first kappa shape index (κ1) is 17.0. The second-order valence-corrected chi connectivity index (χ2v) is 7.79. The lowest BCUT2D eigenvalue weighted by Gasteiger charge is -2.21. The molecule has 3 heterocycles. The molecule has 0 aliphatic carbocycles. The molecule has 3 aliphatic heterocycles. The molecule has 0 aromatic rings. The van der Waals surface area contributed by atoms with Crippen molar-refractivity contribution in [2.75, 3.05) is 59.5 Å². The zero-order valence-electron chi connectivity index (χ0n) is 13.1. The van der Waals surface area contributed by atoms with Crippen LogP contribution in [0.1, 0.15) is 6.92 Å². The van der Waals surface area contributed by atoms with Crippen molar-refractivity contribution in [3.63, 3.8) is 0 Å². The van der Waals surface area contributed by atoms with E-state index >= 15 is 0 Å². The van der Waals surface area contributed by atoms with Gasteiger partial charge in [0.2, 0.25) is 0 Å². The van der Waals surface area contributed by atoms with Gasteiger partial charge in [0.15, 0.2) is 0 Å². The van der Waals surface area contributed by atoms with Gasteiger partial charge in [-0.3, -0.25) is 0 Å². The first-order chi connectivity index (χ1) is 10.8. The molecule has 128 valence electrons. The van der Waals surface area contributed by atoms with Crippen LogP contribution in [0.5, 0.6) is 0 Å². The van der Waals surface area contributed by atoms with Gasteiger partial charge in [-0.2, -0.15) is 0 Å². The Balaban J connectivity index is 1.28. The van der Waals surface area contributed by atoms with Crippen molar-refractivity contribution in [3.8, 4) is 0 Å². The molecule has 4 atom stereocenters. The van der Waals surface area contributed by atoms with Crippen molar-refractivity contribution in [3.05, 3.63) is 0 Å². The van der Waals surface area contributed by atoms with E-state index in [1.54, 1.807) is 0 Å². The fourth-order valence-electron chi connectivity index (χ4n) is 2.01. The molecule has 0 radical (unpaired) electrons. The van der Waals surface area contributed by atoms with Crippen LogP contribution in [0.15, 0.2) is 0 Å². The fraction of sp³-hybridized carbons (Fsp3) is 1.00. The monoisotopic (exact) mass is 334 g/mol. The van der Waals surface area contributed by atoms with Gasteiger partial charge in [-0.05, 0) is 0 Å². The van der Waals surface area contributed by atoms with Gasteiger partial charge in [0.05, 0.1) is 64.7 Å². The lowest BCUT2D eigenvalue weighted by Crippen LogP contribution is -2.25. The van der Waals surface area contributed by atoms with E-state index in [-0.39, 0.29) is 0 Å². The van der Waals surface area contributed by atoms with Gasteiger partial charge in [-0.25, -0.2) is 0 Å². The largest absolute Gasteiger partial charge is 0.378 e. The topological polar surface area (TPSA) is 65.3 Å². The first-order valence-corrected chi connectivity index (χ1v) is 8.97. The summed E-state index contributed by atoms with van der Waals surface area (Å²) >= 11 is 1.86. The van der Waals surface area contributed by atoms with Crippen LogP contribution in [-0.2, 0) is 28.4 Å². The number of ether oxygens (including phenoxy) is 6. The zero-order valence-corrected chi connectivity index (χ0v) is 13.9. The van der Waals surface area contributed by atoms with Gasteiger partial charge in [-0.15, -0.1) is 11.8 Å². The van der Waals surface area contributed by atoms with Gasteiger partial charge in [0.1, 0.15) is 18.3 Å². The highest BCUT2D eigenvalue weighted by Crippen LogP contribution is 2.21. The van der Waals surface area contributed by atoms with Crippen molar-refractivity contribution in [1.82, 2.24) is 0 Å². The van der Waals surface area contributed by atoms with Gasteiger partial charge in [-0.1, -0.05) is 6.92 Å². The summed E-state index contributed by atoms with van der Waals surface area (Å²) in [6.45, 7) is 8.89. The highest BCUT2D eigenvalue weighted by atomic mass is 32.2. The molecule has 0 aromatic carbocycles. The summed E-state index contributed by atoms with van der Waals surface area (Å²) in [5, 5.41) is 0.721. The summed E-state index contributed by atoms with van der Waals surface area (Å²) in [5.41, 5.74) is 0.